The quantitative estimate of drug-likeness (QED) is 0.287. The molecule has 3 aromatic carbocycles. The molecule has 0 unspecified atom stereocenters. The molecule has 4 aromatic rings. The van der Waals surface area contributed by atoms with E-state index < -0.39 is 0 Å². The maximum Gasteiger partial charge on any atom is 0.250 e. The molecule has 166 valence electrons. The molecule has 0 aliphatic heterocycles. The van der Waals surface area contributed by atoms with Crippen LogP contribution in [0.5, 0.6) is 11.5 Å². The van der Waals surface area contributed by atoms with Crippen LogP contribution in [0, 0.1) is 0 Å². The number of carbonyl (C=O) groups is 1. The lowest BCUT2D eigenvalue weighted by molar-refractivity contribution is -0.111. The fourth-order valence-corrected chi connectivity index (χ4v) is 4.03. The Bertz CT molecular complexity index is 1270. The van der Waals surface area contributed by atoms with E-state index in [0.717, 1.165) is 22.4 Å². The van der Waals surface area contributed by atoms with Crippen molar-refractivity contribution in [3.05, 3.63) is 100 Å². The molecule has 4 rings (SSSR count). The first kappa shape index (κ1) is 22.6. The highest BCUT2D eigenvalue weighted by Crippen LogP contribution is 2.31. The molecule has 0 saturated carbocycles. The average Bonchev–Trinajstić information content (AvgIpc) is 3.30. The zero-order chi connectivity index (χ0) is 23.0. The Morgan fingerprint density at radius 3 is 2.64 bits per heavy atom. The molecule has 1 heterocycles. The van der Waals surface area contributed by atoms with Crippen LogP contribution in [0.15, 0.2) is 84.3 Å². The number of ether oxygens (including phenoxy) is 2. The van der Waals surface area contributed by atoms with Crippen LogP contribution in [-0.2, 0) is 11.4 Å². The minimum atomic E-state index is -0.279. The number of hydrogen-bond donors (Lipinski definition) is 1. The Morgan fingerprint density at radius 2 is 1.85 bits per heavy atom. The molecule has 5 nitrogen and oxygen atoms in total. The van der Waals surface area contributed by atoms with Gasteiger partial charge in [-0.2, -0.15) is 0 Å². The summed E-state index contributed by atoms with van der Waals surface area (Å²) in [5, 5.41) is 5.76. The van der Waals surface area contributed by atoms with Crippen molar-refractivity contribution in [2.45, 2.75) is 6.61 Å². The molecule has 0 atom stereocenters. The smallest absolute Gasteiger partial charge is 0.250 e. The maximum atomic E-state index is 12.4. The van der Waals surface area contributed by atoms with E-state index in [1.165, 1.54) is 17.4 Å². The number of anilines is 1. The first-order chi connectivity index (χ1) is 16.1. The van der Waals surface area contributed by atoms with Gasteiger partial charge in [-0.05, 0) is 35.4 Å². The number of hydrogen-bond acceptors (Lipinski definition) is 5. The van der Waals surface area contributed by atoms with E-state index in [-0.39, 0.29) is 5.91 Å². The molecule has 33 heavy (non-hydrogen) atoms. The summed E-state index contributed by atoms with van der Waals surface area (Å²) in [6.07, 6.45) is 3.16. The van der Waals surface area contributed by atoms with Crippen LogP contribution in [0.4, 0.5) is 5.13 Å². The average molecular weight is 477 g/mol. The molecular weight excluding hydrogens is 456 g/mol. The Hall–Kier alpha value is -3.61. The summed E-state index contributed by atoms with van der Waals surface area (Å²) in [5.74, 6) is 0.953. The summed E-state index contributed by atoms with van der Waals surface area (Å²) < 4.78 is 11.3. The second-order valence-corrected chi connectivity index (χ2v) is 8.29. The van der Waals surface area contributed by atoms with E-state index in [2.05, 4.69) is 10.3 Å². The highest BCUT2D eigenvalue weighted by atomic mass is 35.5. The number of nitrogens with zero attached hydrogens (tertiary/aromatic N) is 1. The Morgan fingerprint density at radius 1 is 1.06 bits per heavy atom. The van der Waals surface area contributed by atoms with Gasteiger partial charge in [-0.3, -0.25) is 10.1 Å². The number of thiazole rings is 1. The van der Waals surface area contributed by atoms with Gasteiger partial charge in [0.25, 0.3) is 0 Å². The molecule has 1 N–H and O–H groups in total. The molecule has 1 aromatic heterocycles. The number of halogens is 1. The van der Waals surface area contributed by atoms with Crippen LogP contribution in [-0.4, -0.2) is 18.0 Å². The lowest BCUT2D eigenvalue weighted by Crippen LogP contribution is -2.07. The molecule has 0 fully saturated rings. The van der Waals surface area contributed by atoms with Gasteiger partial charge < -0.3 is 9.47 Å². The number of benzene rings is 3. The largest absolute Gasteiger partial charge is 0.493 e. The summed E-state index contributed by atoms with van der Waals surface area (Å²) in [7, 11) is 1.59. The van der Waals surface area contributed by atoms with E-state index in [4.69, 9.17) is 21.1 Å². The second kappa shape index (κ2) is 10.8. The van der Waals surface area contributed by atoms with Crippen molar-refractivity contribution in [1.29, 1.82) is 0 Å². The molecule has 0 spiro atoms. The van der Waals surface area contributed by atoms with E-state index in [0.29, 0.717) is 28.3 Å². The van der Waals surface area contributed by atoms with E-state index in [9.17, 15) is 4.79 Å². The minimum Gasteiger partial charge on any atom is -0.493 e. The maximum absolute atomic E-state index is 12.4. The summed E-state index contributed by atoms with van der Waals surface area (Å²) >= 11 is 7.57. The third kappa shape index (κ3) is 6.00. The predicted octanol–water partition coefficient (Wildman–Crippen LogP) is 6.70. The van der Waals surface area contributed by atoms with Gasteiger partial charge in [0.05, 0.1) is 12.8 Å². The summed E-state index contributed by atoms with van der Waals surface area (Å²) in [6, 6.07) is 22.9. The van der Waals surface area contributed by atoms with Crippen LogP contribution >= 0.6 is 22.9 Å². The topological polar surface area (TPSA) is 60.5 Å². The van der Waals surface area contributed by atoms with Gasteiger partial charge in [-0.25, -0.2) is 4.98 Å². The van der Waals surface area contributed by atoms with Crippen molar-refractivity contribution in [2.75, 3.05) is 12.4 Å². The first-order valence-electron chi connectivity index (χ1n) is 10.2. The van der Waals surface area contributed by atoms with Crippen molar-refractivity contribution < 1.29 is 14.3 Å². The first-order valence-corrected chi connectivity index (χ1v) is 11.4. The molecule has 0 bridgehead atoms. The summed E-state index contributed by atoms with van der Waals surface area (Å²) in [5.41, 5.74) is 3.43. The molecule has 0 aliphatic carbocycles. The van der Waals surface area contributed by atoms with Gasteiger partial charge in [-0.15, -0.1) is 11.3 Å². The van der Waals surface area contributed by atoms with E-state index in [1.807, 2.05) is 78.2 Å². The summed E-state index contributed by atoms with van der Waals surface area (Å²) in [4.78, 5) is 16.8. The van der Waals surface area contributed by atoms with Gasteiger partial charge in [0.1, 0.15) is 6.61 Å². The van der Waals surface area contributed by atoms with E-state index >= 15 is 0 Å². The number of amides is 1. The highest BCUT2D eigenvalue weighted by Gasteiger charge is 2.09. The van der Waals surface area contributed by atoms with Gasteiger partial charge in [0.15, 0.2) is 16.6 Å². The van der Waals surface area contributed by atoms with Gasteiger partial charge in [0, 0.05) is 22.0 Å². The SMILES string of the molecule is COc1cc(/C=C/C(=O)Nc2nc(-c3ccccc3Cl)cs2)ccc1OCc1ccccc1. The van der Waals surface area contributed by atoms with Gasteiger partial charge >= 0.3 is 0 Å². The van der Waals surface area contributed by atoms with Crippen molar-refractivity contribution in [1.82, 2.24) is 4.98 Å². The third-order valence-corrected chi connectivity index (χ3v) is 5.82. The number of carbonyl (C=O) groups excluding carboxylic acids is 1. The van der Waals surface area contributed by atoms with Crippen LogP contribution < -0.4 is 14.8 Å². The summed E-state index contributed by atoms with van der Waals surface area (Å²) in [6.45, 7) is 0.443. The van der Waals surface area contributed by atoms with Crippen LogP contribution in [0.1, 0.15) is 11.1 Å². The lowest BCUT2D eigenvalue weighted by atomic mass is 10.2. The van der Waals surface area contributed by atoms with Crippen LogP contribution in [0.25, 0.3) is 17.3 Å². The van der Waals surface area contributed by atoms with E-state index in [1.54, 1.807) is 13.2 Å². The second-order valence-electron chi connectivity index (χ2n) is 7.02. The zero-order valence-electron chi connectivity index (χ0n) is 17.8. The normalized spacial score (nSPS) is 10.8. The fraction of sp³-hybridized carbons (Fsp3) is 0.0769. The molecule has 0 saturated heterocycles. The Labute approximate surface area is 201 Å². The molecule has 7 heteroatoms. The van der Waals surface area contributed by atoms with Crippen molar-refractivity contribution in [2.24, 2.45) is 0 Å². The van der Waals surface area contributed by atoms with Crippen molar-refractivity contribution in [3.8, 4) is 22.8 Å². The Kier molecular flexibility index (Phi) is 7.40. The lowest BCUT2D eigenvalue weighted by Gasteiger charge is -2.11. The molecular formula is C26H21ClN2O3S. The zero-order valence-corrected chi connectivity index (χ0v) is 19.4. The minimum absolute atomic E-state index is 0.279. The number of rotatable bonds is 8. The van der Waals surface area contributed by atoms with Crippen molar-refractivity contribution in [3.63, 3.8) is 0 Å². The van der Waals surface area contributed by atoms with Gasteiger partial charge in [0.2, 0.25) is 5.91 Å². The van der Waals surface area contributed by atoms with Crippen molar-refractivity contribution >= 4 is 40.1 Å². The molecule has 0 radical (unpaired) electrons. The van der Waals surface area contributed by atoms with Crippen LogP contribution in [0.3, 0.4) is 0 Å². The predicted molar refractivity (Wildman–Crippen MR) is 134 cm³/mol. The van der Waals surface area contributed by atoms with Gasteiger partial charge in [-0.1, -0.05) is 66.2 Å². The molecule has 0 aliphatic rings. The highest BCUT2D eigenvalue weighted by molar-refractivity contribution is 7.14. The number of nitrogens with one attached hydrogen (secondary N) is 1. The number of methoxy groups -OCH3 is 1. The third-order valence-electron chi connectivity index (χ3n) is 4.74. The standard InChI is InChI=1S/C26H21ClN2O3S/c1-31-24-15-18(11-13-23(24)32-16-19-7-3-2-4-8-19)12-14-25(30)29-26-28-22(17-33-26)20-9-5-6-10-21(20)27/h2-15,17H,16H2,1H3,(H,28,29,30)/b14-12+. The molecule has 1 amide bonds. The monoisotopic (exact) mass is 476 g/mol. The fourth-order valence-electron chi connectivity index (χ4n) is 3.09. The van der Waals surface area contributed by atoms with Crippen LogP contribution in [0.2, 0.25) is 5.02 Å². The number of aromatic nitrogens is 1. The Balaban J connectivity index is 1.38.